The molecule has 0 saturated carbocycles. The molecule has 29 heavy (non-hydrogen) atoms. The van der Waals surface area contributed by atoms with E-state index in [0.717, 1.165) is 36.5 Å². The molecule has 6 nitrogen and oxygen atoms in total. The van der Waals surface area contributed by atoms with Crippen LogP contribution < -0.4 is 15.4 Å². The van der Waals surface area contributed by atoms with Crippen LogP contribution in [0.5, 0.6) is 0 Å². The second-order valence-electron chi connectivity index (χ2n) is 8.01. The molecule has 1 atom stereocenters. The van der Waals surface area contributed by atoms with Crippen molar-refractivity contribution in [1.29, 1.82) is 0 Å². The Hall–Kier alpha value is -0.870. The molecule has 3 N–H and O–H groups in total. The summed E-state index contributed by atoms with van der Waals surface area (Å²) in [6, 6.07) is 7.79. The van der Waals surface area contributed by atoms with Crippen LogP contribution in [0.3, 0.4) is 0 Å². The number of hydrogen-bond acceptors (Lipinski definition) is 3. The van der Waals surface area contributed by atoms with Gasteiger partial charge in [0.15, 0.2) is 5.96 Å². The van der Waals surface area contributed by atoms with Gasteiger partial charge in [-0.3, -0.25) is 0 Å². The van der Waals surface area contributed by atoms with E-state index in [1.165, 1.54) is 0 Å². The maximum atomic E-state index is 12.3. The van der Waals surface area contributed by atoms with Crippen LogP contribution in [0.2, 0.25) is 0 Å². The molecule has 1 unspecified atom stereocenters. The quantitative estimate of drug-likeness (QED) is 0.226. The normalized spacial score (nSPS) is 13.3. The Kier molecular flexibility index (Phi) is 13.8. The minimum atomic E-state index is -3.37. The molecular formula is C21H39IN4O2S. The lowest BCUT2D eigenvalue weighted by molar-refractivity contribution is 0.489. The van der Waals surface area contributed by atoms with E-state index in [-0.39, 0.29) is 35.8 Å². The van der Waals surface area contributed by atoms with E-state index < -0.39 is 10.0 Å². The summed E-state index contributed by atoms with van der Waals surface area (Å²) in [5.41, 5.74) is 1.70. The van der Waals surface area contributed by atoms with Crippen LogP contribution in [-0.2, 0) is 22.3 Å². The van der Waals surface area contributed by atoms with Gasteiger partial charge in [-0.1, -0.05) is 38.1 Å². The predicted octanol–water partition coefficient (Wildman–Crippen LogP) is 4.01. The van der Waals surface area contributed by atoms with E-state index in [4.69, 9.17) is 0 Å². The van der Waals surface area contributed by atoms with Crippen LogP contribution in [0.25, 0.3) is 0 Å². The lowest BCUT2D eigenvalue weighted by Gasteiger charge is -2.19. The molecule has 168 valence electrons. The van der Waals surface area contributed by atoms with Crippen molar-refractivity contribution in [1.82, 2.24) is 15.4 Å². The Balaban J connectivity index is 0.00000784. The van der Waals surface area contributed by atoms with Gasteiger partial charge in [-0.2, -0.15) is 0 Å². The van der Waals surface area contributed by atoms with Crippen LogP contribution in [0, 0.1) is 5.92 Å². The zero-order valence-electron chi connectivity index (χ0n) is 18.7. The largest absolute Gasteiger partial charge is 0.357 e. The molecule has 0 bridgehead atoms. The van der Waals surface area contributed by atoms with Crippen LogP contribution in [0.1, 0.15) is 65.5 Å². The van der Waals surface area contributed by atoms with Gasteiger partial charge in [0, 0.05) is 18.6 Å². The summed E-state index contributed by atoms with van der Waals surface area (Å²) in [6.07, 6.45) is 2.24. The standard InChI is InChI=1S/C21H38N4O2S.HI/c1-7-22-21(24-18(6)13-12-16(2)3)23-14-19-10-8-9-11-20(19)15-28(26,27)25-17(4)5;/h8-11,16-18,25H,7,12-15H2,1-6H3,(H2,22,23,24);1H. The smallest absolute Gasteiger partial charge is 0.216 e. The van der Waals surface area contributed by atoms with Crippen molar-refractivity contribution >= 4 is 40.0 Å². The van der Waals surface area contributed by atoms with Gasteiger partial charge in [0.25, 0.3) is 0 Å². The van der Waals surface area contributed by atoms with Crippen LogP contribution >= 0.6 is 24.0 Å². The number of guanidine groups is 1. The van der Waals surface area contributed by atoms with E-state index in [1.807, 2.05) is 45.0 Å². The van der Waals surface area contributed by atoms with Crippen molar-refractivity contribution in [3.8, 4) is 0 Å². The maximum absolute atomic E-state index is 12.3. The SMILES string of the molecule is CCNC(=NCc1ccccc1CS(=O)(=O)NC(C)C)NC(C)CCC(C)C.I. The van der Waals surface area contributed by atoms with E-state index in [0.29, 0.717) is 18.5 Å². The van der Waals surface area contributed by atoms with Gasteiger partial charge in [0.05, 0.1) is 12.3 Å². The number of aliphatic imine (C=N–C) groups is 1. The molecule has 0 heterocycles. The van der Waals surface area contributed by atoms with Crippen molar-refractivity contribution < 1.29 is 8.42 Å². The first-order chi connectivity index (χ1) is 13.1. The number of hydrogen-bond donors (Lipinski definition) is 3. The number of halogens is 1. The summed E-state index contributed by atoms with van der Waals surface area (Å²) >= 11 is 0. The molecule has 1 aromatic carbocycles. The summed E-state index contributed by atoms with van der Waals surface area (Å²) in [5.74, 6) is 1.40. The first kappa shape index (κ1) is 28.1. The summed E-state index contributed by atoms with van der Waals surface area (Å²) in [7, 11) is -3.37. The monoisotopic (exact) mass is 538 g/mol. The molecule has 0 aliphatic rings. The molecule has 1 aromatic rings. The molecule has 0 aliphatic heterocycles. The first-order valence-electron chi connectivity index (χ1n) is 10.2. The Morgan fingerprint density at radius 1 is 1.03 bits per heavy atom. The van der Waals surface area contributed by atoms with Crippen LogP contribution in [-0.4, -0.2) is 33.0 Å². The number of rotatable bonds is 11. The summed E-state index contributed by atoms with van der Waals surface area (Å²) < 4.78 is 27.2. The molecule has 1 rings (SSSR count). The lowest BCUT2D eigenvalue weighted by atomic mass is 10.0. The molecular weight excluding hydrogens is 499 g/mol. The topological polar surface area (TPSA) is 82.6 Å². The zero-order valence-corrected chi connectivity index (χ0v) is 21.8. The molecule has 0 aromatic heterocycles. The van der Waals surface area contributed by atoms with Crippen molar-refractivity contribution in [3.05, 3.63) is 35.4 Å². The van der Waals surface area contributed by atoms with Gasteiger partial charge < -0.3 is 10.6 Å². The fourth-order valence-corrected chi connectivity index (χ4v) is 4.32. The highest BCUT2D eigenvalue weighted by Crippen LogP contribution is 2.14. The second-order valence-corrected chi connectivity index (χ2v) is 9.77. The zero-order chi connectivity index (χ0) is 21.2. The molecule has 8 heteroatoms. The molecule has 0 amide bonds. The summed E-state index contributed by atoms with van der Waals surface area (Å²) in [6.45, 7) is 13.5. The van der Waals surface area contributed by atoms with Gasteiger partial charge in [0.1, 0.15) is 0 Å². The van der Waals surface area contributed by atoms with Crippen molar-refractivity contribution in [2.24, 2.45) is 10.9 Å². The number of nitrogens with zero attached hydrogens (tertiary/aromatic N) is 1. The fraction of sp³-hybridized carbons (Fsp3) is 0.667. The third-order valence-electron chi connectivity index (χ3n) is 4.19. The Morgan fingerprint density at radius 3 is 2.21 bits per heavy atom. The third-order valence-corrected chi connectivity index (χ3v) is 5.71. The Bertz CT molecular complexity index is 721. The molecule has 0 saturated heterocycles. The van der Waals surface area contributed by atoms with Gasteiger partial charge in [-0.15, -0.1) is 24.0 Å². The minimum Gasteiger partial charge on any atom is -0.357 e. The highest BCUT2D eigenvalue weighted by molar-refractivity contribution is 14.0. The van der Waals surface area contributed by atoms with Crippen molar-refractivity contribution in [2.75, 3.05) is 6.54 Å². The molecule has 0 aliphatic carbocycles. The Labute approximate surface area is 194 Å². The second kappa shape index (κ2) is 14.2. The van der Waals surface area contributed by atoms with Gasteiger partial charge >= 0.3 is 0 Å². The molecule has 0 spiro atoms. The highest BCUT2D eigenvalue weighted by atomic mass is 127. The number of sulfonamides is 1. The van der Waals surface area contributed by atoms with Crippen molar-refractivity contribution in [3.63, 3.8) is 0 Å². The molecule has 0 radical (unpaired) electrons. The average Bonchev–Trinajstić information content (AvgIpc) is 2.57. The number of benzene rings is 1. The summed E-state index contributed by atoms with van der Waals surface area (Å²) in [4.78, 5) is 4.68. The molecule has 0 fully saturated rings. The third kappa shape index (κ3) is 12.4. The van der Waals surface area contributed by atoms with Crippen molar-refractivity contribution in [2.45, 2.75) is 78.8 Å². The predicted molar refractivity (Wildman–Crippen MR) is 134 cm³/mol. The maximum Gasteiger partial charge on any atom is 0.216 e. The van der Waals surface area contributed by atoms with Crippen LogP contribution in [0.4, 0.5) is 0 Å². The van der Waals surface area contributed by atoms with Gasteiger partial charge in [0.2, 0.25) is 10.0 Å². The van der Waals surface area contributed by atoms with Gasteiger partial charge in [-0.05, 0) is 57.6 Å². The lowest BCUT2D eigenvalue weighted by Crippen LogP contribution is -2.42. The first-order valence-corrected chi connectivity index (χ1v) is 11.9. The van der Waals surface area contributed by atoms with E-state index >= 15 is 0 Å². The minimum absolute atomic E-state index is 0. The van der Waals surface area contributed by atoms with E-state index in [1.54, 1.807) is 0 Å². The van der Waals surface area contributed by atoms with Crippen LogP contribution in [0.15, 0.2) is 29.3 Å². The summed E-state index contributed by atoms with van der Waals surface area (Å²) in [5, 5.41) is 6.72. The van der Waals surface area contributed by atoms with E-state index in [9.17, 15) is 8.42 Å². The number of nitrogens with one attached hydrogen (secondary N) is 3. The van der Waals surface area contributed by atoms with Gasteiger partial charge in [-0.25, -0.2) is 18.1 Å². The highest BCUT2D eigenvalue weighted by Gasteiger charge is 2.15. The van der Waals surface area contributed by atoms with E-state index in [2.05, 4.69) is 41.1 Å². The average molecular weight is 539 g/mol. The fourth-order valence-electron chi connectivity index (χ4n) is 2.83. The Morgan fingerprint density at radius 2 is 1.66 bits per heavy atom.